The van der Waals surface area contributed by atoms with E-state index < -0.39 is 23.3 Å². The van der Waals surface area contributed by atoms with Gasteiger partial charge >= 0.3 is 5.97 Å². The van der Waals surface area contributed by atoms with E-state index in [4.69, 9.17) is 9.47 Å². The Morgan fingerprint density at radius 2 is 1.88 bits per heavy atom. The van der Waals surface area contributed by atoms with Crippen LogP contribution in [-0.2, 0) is 14.4 Å². The molecule has 2 aromatic carbocycles. The van der Waals surface area contributed by atoms with Crippen LogP contribution in [0.15, 0.2) is 36.4 Å². The van der Waals surface area contributed by atoms with E-state index in [0.717, 1.165) is 22.1 Å². The fourth-order valence-corrected chi connectivity index (χ4v) is 2.28. The summed E-state index contributed by atoms with van der Waals surface area (Å²) in [6.07, 6.45) is -1.00. The van der Waals surface area contributed by atoms with Gasteiger partial charge < -0.3 is 9.47 Å². The van der Waals surface area contributed by atoms with Gasteiger partial charge in [-0.2, -0.15) is 0 Å². The second-order valence-corrected chi connectivity index (χ2v) is 5.30. The number of hydrogen-bond acceptors (Lipinski definition) is 6. The predicted molar refractivity (Wildman–Crippen MR) is 87.2 cm³/mol. The van der Waals surface area contributed by atoms with Crippen molar-refractivity contribution in [2.75, 3.05) is 7.11 Å². The lowest BCUT2D eigenvalue weighted by Crippen LogP contribution is -2.26. The zero-order valence-electron chi connectivity index (χ0n) is 13.7. The topological polar surface area (TPSA) is 87.9 Å². The van der Waals surface area contributed by atoms with Crippen LogP contribution in [0.5, 0.6) is 5.75 Å². The van der Waals surface area contributed by atoms with E-state index >= 15 is 0 Å². The molecule has 2 rings (SSSR count). The van der Waals surface area contributed by atoms with E-state index in [2.05, 4.69) is 4.84 Å². The van der Waals surface area contributed by atoms with Crippen molar-refractivity contribution in [3.05, 3.63) is 52.1 Å². The molecule has 128 valence electrons. The Morgan fingerprint density at radius 1 is 1.21 bits per heavy atom. The van der Waals surface area contributed by atoms with Crippen LogP contribution in [-0.4, -0.2) is 24.5 Å². The first-order valence-corrected chi connectivity index (χ1v) is 7.54. The first kappa shape index (κ1) is 17.5. The van der Waals surface area contributed by atoms with Crippen LogP contribution in [0.25, 0.3) is 10.8 Å². The maximum absolute atomic E-state index is 12.2. The Bertz CT molecular complexity index is 745. The highest BCUT2D eigenvalue weighted by Gasteiger charge is 2.22. The van der Waals surface area contributed by atoms with E-state index in [1.54, 1.807) is 21.0 Å². The van der Waals surface area contributed by atoms with E-state index in [9.17, 15) is 14.9 Å². The van der Waals surface area contributed by atoms with Crippen LogP contribution in [0.2, 0.25) is 0 Å². The Kier molecular flexibility index (Phi) is 5.57. The molecule has 0 aliphatic heterocycles. The number of hydrogen-bond donors (Lipinski definition) is 0. The summed E-state index contributed by atoms with van der Waals surface area (Å²) in [6, 6.07) is 11.2. The summed E-state index contributed by atoms with van der Waals surface area (Å²) < 4.78 is 10.2. The molecule has 0 saturated carbocycles. The van der Waals surface area contributed by atoms with E-state index in [1.807, 2.05) is 36.4 Å². The first-order chi connectivity index (χ1) is 11.4. The molecule has 0 fully saturated rings. The fraction of sp³-hybridized carbons (Fsp3) is 0.353. The molecule has 7 nitrogen and oxygen atoms in total. The number of fused-ring (bicyclic) bond motifs is 1. The van der Waals surface area contributed by atoms with Crippen molar-refractivity contribution < 1.29 is 24.2 Å². The molecule has 0 heterocycles. The summed E-state index contributed by atoms with van der Waals surface area (Å²) in [4.78, 5) is 26.9. The minimum Gasteiger partial charge on any atom is -0.497 e. The Labute approximate surface area is 139 Å². The third kappa shape index (κ3) is 4.13. The smallest absolute Gasteiger partial charge is 0.315 e. The monoisotopic (exact) mass is 333 g/mol. The Hall–Kier alpha value is -2.83. The molecular formula is C17H19NO6. The molecule has 0 aliphatic carbocycles. The van der Waals surface area contributed by atoms with Crippen molar-refractivity contribution in [3.63, 3.8) is 0 Å². The molecule has 2 aromatic rings. The molecule has 0 aliphatic rings. The predicted octanol–water partition coefficient (Wildman–Crippen LogP) is 3.44. The zero-order chi connectivity index (χ0) is 17.7. The SMILES string of the molecule is CCC(OC(=O)[C@@H](C)c1ccc2cc(OC)ccc2c1)O[N+](=O)[O-]. The highest BCUT2D eigenvalue weighted by Crippen LogP contribution is 2.26. The van der Waals surface area contributed by atoms with Crippen molar-refractivity contribution in [2.45, 2.75) is 32.5 Å². The third-order valence-corrected chi connectivity index (χ3v) is 3.71. The highest BCUT2D eigenvalue weighted by molar-refractivity contribution is 5.86. The first-order valence-electron chi connectivity index (χ1n) is 7.54. The Balaban J connectivity index is 2.16. The van der Waals surface area contributed by atoms with Crippen molar-refractivity contribution >= 4 is 16.7 Å². The third-order valence-electron chi connectivity index (χ3n) is 3.71. The molecule has 1 unspecified atom stereocenters. The Morgan fingerprint density at radius 3 is 2.50 bits per heavy atom. The average molecular weight is 333 g/mol. The lowest BCUT2D eigenvalue weighted by atomic mass is 9.98. The maximum Gasteiger partial charge on any atom is 0.315 e. The number of rotatable bonds is 7. The van der Waals surface area contributed by atoms with Gasteiger partial charge in [0.25, 0.3) is 5.09 Å². The minimum atomic E-state index is -1.19. The largest absolute Gasteiger partial charge is 0.497 e. The molecule has 0 saturated heterocycles. The number of methoxy groups -OCH3 is 1. The fourth-order valence-electron chi connectivity index (χ4n) is 2.28. The van der Waals surface area contributed by atoms with Crippen molar-refractivity contribution in [3.8, 4) is 5.75 Å². The number of carbonyl (C=O) groups excluding carboxylic acids is 1. The van der Waals surface area contributed by atoms with Gasteiger partial charge in [-0.15, -0.1) is 10.1 Å². The lowest BCUT2D eigenvalue weighted by Gasteiger charge is -2.17. The van der Waals surface area contributed by atoms with Crippen molar-refractivity contribution in [2.24, 2.45) is 0 Å². The lowest BCUT2D eigenvalue weighted by molar-refractivity contribution is -0.779. The summed E-state index contributed by atoms with van der Waals surface area (Å²) in [5.41, 5.74) is 0.758. The van der Waals surface area contributed by atoms with Gasteiger partial charge in [-0.05, 0) is 35.4 Å². The molecular weight excluding hydrogens is 314 g/mol. The quantitative estimate of drug-likeness (QED) is 0.334. The number of esters is 1. The van der Waals surface area contributed by atoms with Gasteiger partial charge in [0, 0.05) is 6.42 Å². The van der Waals surface area contributed by atoms with Gasteiger partial charge in [-0.1, -0.05) is 31.2 Å². The number of benzene rings is 2. The van der Waals surface area contributed by atoms with Gasteiger partial charge in [0.05, 0.1) is 13.0 Å². The molecule has 24 heavy (non-hydrogen) atoms. The van der Waals surface area contributed by atoms with Gasteiger partial charge in [0.15, 0.2) is 0 Å². The molecule has 2 atom stereocenters. The summed E-state index contributed by atoms with van der Waals surface area (Å²) in [5.74, 6) is -0.386. The van der Waals surface area contributed by atoms with E-state index in [0.29, 0.717) is 0 Å². The van der Waals surface area contributed by atoms with Gasteiger partial charge in [0.2, 0.25) is 6.29 Å². The molecule has 0 amide bonds. The average Bonchev–Trinajstić information content (AvgIpc) is 2.58. The minimum absolute atomic E-state index is 0.191. The van der Waals surface area contributed by atoms with Crippen LogP contribution < -0.4 is 4.74 Å². The molecule has 0 N–H and O–H groups in total. The highest BCUT2D eigenvalue weighted by atomic mass is 17.0. The molecule has 0 bridgehead atoms. The number of carbonyl (C=O) groups is 1. The van der Waals surface area contributed by atoms with Gasteiger partial charge in [0.1, 0.15) is 5.75 Å². The number of ether oxygens (including phenoxy) is 2. The molecule has 0 aromatic heterocycles. The summed E-state index contributed by atoms with van der Waals surface area (Å²) in [6.45, 7) is 3.32. The second kappa shape index (κ2) is 7.63. The van der Waals surface area contributed by atoms with Crippen LogP contribution in [0, 0.1) is 10.1 Å². The summed E-state index contributed by atoms with van der Waals surface area (Å²) in [5, 5.41) is 11.4. The zero-order valence-corrected chi connectivity index (χ0v) is 13.7. The summed E-state index contributed by atoms with van der Waals surface area (Å²) >= 11 is 0. The normalized spacial score (nSPS) is 13.1. The summed E-state index contributed by atoms with van der Waals surface area (Å²) in [7, 11) is 1.60. The van der Waals surface area contributed by atoms with Crippen LogP contribution in [0.3, 0.4) is 0 Å². The molecule has 0 spiro atoms. The van der Waals surface area contributed by atoms with Crippen molar-refractivity contribution in [1.82, 2.24) is 0 Å². The van der Waals surface area contributed by atoms with Crippen LogP contribution >= 0.6 is 0 Å². The maximum atomic E-state index is 12.2. The van der Waals surface area contributed by atoms with E-state index in [1.165, 1.54) is 0 Å². The second-order valence-electron chi connectivity index (χ2n) is 5.30. The van der Waals surface area contributed by atoms with Crippen LogP contribution in [0.4, 0.5) is 0 Å². The van der Waals surface area contributed by atoms with Gasteiger partial charge in [-0.25, -0.2) is 0 Å². The van der Waals surface area contributed by atoms with Crippen LogP contribution in [0.1, 0.15) is 31.7 Å². The van der Waals surface area contributed by atoms with Crippen molar-refractivity contribution in [1.29, 1.82) is 0 Å². The number of nitrogens with zero attached hydrogens (tertiary/aromatic N) is 1. The van der Waals surface area contributed by atoms with Gasteiger partial charge in [-0.3, -0.25) is 9.63 Å². The molecule has 0 radical (unpaired) electrons. The standard InChI is InChI=1S/C17H19NO6/c1-4-16(24-18(20)21)23-17(19)11(2)12-5-6-14-10-15(22-3)8-7-13(14)9-12/h5-11,16H,4H2,1-3H3/t11-,16?/m0/s1. The van der Waals surface area contributed by atoms with E-state index in [-0.39, 0.29) is 6.42 Å². The molecule has 7 heteroatoms.